The Morgan fingerprint density at radius 1 is 1.50 bits per heavy atom. The van der Waals surface area contributed by atoms with Crippen LogP contribution in [0, 0.1) is 21.4 Å². The number of aliphatic hydroxyl groups is 1. The minimum absolute atomic E-state index is 0.0920. The molecule has 0 aliphatic heterocycles. The van der Waals surface area contributed by atoms with Gasteiger partial charge in [0.25, 0.3) is 5.69 Å². The van der Waals surface area contributed by atoms with Gasteiger partial charge >= 0.3 is 0 Å². The number of nitrogens with one attached hydrogen (secondary N) is 1. The Morgan fingerprint density at radius 3 is 2.86 bits per heavy atom. The molecular weight excluding hydrogens is 302 g/mol. The van der Waals surface area contributed by atoms with Crippen LogP contribution in [0.1, 0.15) is 29.9 Å². The van der Waals surface area contributed by atoms with E-state index in [-0.39, 0.29) is 17.3 Å². The number of hydrogen-bond donors (Lipinski definition) is 2. The van der Waals surface area contributed by atoms with Crippen molar-refractivity contribution in [2.24, 2.45) is 0 Å². The maximum Gasteiger partial charge on any atom is 0.270 e. The minimum atomic E-state index is -0.578. The van der Waals surface area contributed by atoms with Gasteiger partial charge in [-0.05, 0) is 30.9 Å². The van der Waals surface area contributed by atoms with E-state index in [1.165, 1.54) is 29.5 Å². The van der Waals surface area contributed by atoms with Crippen LogP contribution in [0.5, 0.6) is 0 Å². The summed E-state index contributed by atoms with van der Waals surface area (Å²) in [6, 6.07) is 9.72. The lowest BCUT2D eigenvalue weighted by Crippen LogP contribution is -2.19. The van der Waals surface area contributed by atoms with Crippen molar-refractivity contribution in [1.82, 2.24) is 0 Å². The molecule has 0 saturated carbocycles. The molecule has 0 aliphatic carbocycles. The van der Waals surface area contributed by atoms with Gasteiger partial charge in [0.2, 0.25) is 0 Å². The van der Waals surface area contributed by atoms with Gasteiger partial charge in [0.05, 0.1) is 22.3 Å². The standard InChI is InChI=1S/C15H15N3O3S/c1-10(7-14(19)15-3-2-6-22-15)17-13-5-4-12(18(20)21)8-11(13)9-16/h2-6,8,10,14,17,19H,7H2,1H3/t10-,14-/m1/s1. The molecule has 0 radical (unpaired) electrons. The molecular formula is C15H15N3O3S. The van der Waals surface area contributed by atoms with Crippen LogP contribution < -0.4 is 5.32 Å². The molecule has 0 aliphatic rings. The maximum atomic E-state index is 10.7. The van der Waals surface area contributed by atoms with Crippen molar-refractivity contribution < 1.29 is 10.0 Å². The molecule has 1 heterocycles. The van der Waals surface area contributed by atoms with Crippen molar-refractivity contribution in [2.75, 3.05) is 5.32 Å². The molecule has 114 valence electrons. The Labute approximate surface area is 131 Å². The third kappa shape index (κ3) is 3.81. The molecule has 2 rings (SSSR count). The zero-order chi connectivity index (χ0) is 16.1. The van der Waals surface area contributed by atoms with Gasteiger partial charge in [0.1, 0.15) is 6.07 Å². The van der Waals surface area contributed by atoms with Gasteiger partial charge in [-0.2, -0.15) is 5.26 Å². The fraction of sp³-hybridized carbons (Fsp3) is 0.267. The number of aliphatic hydroxyl groups excluding tert-OH is 1. The van der Waals surface area contributed by atoms with Crippen molar-refractivity contribution in [1.29, 1.82) is 5.26 Å². The van der Waals surface area contributed by atoms with E-state index in [9.17, 15) is 15.2 Å². The molecule has 0 saturated heterocycles. The summed E-state index contributed by atoms with van der Waals surface area (Å²) in [4.78, 5) is 11.1. The van der Waals surface area contributed by atoms with Crippen LogP contribution in [0.25, 0.3) is 0 Å². The normalized spacial score (nSPS) is 13.1. The van der Waals surface area contributed by atoms with Crippen molar-refractivity contribution in [3.63, 3.8) is 0 Å². The molecule has 22 heavy (non-hydrogen) atoms. The predicted octanol–water partition coefficient (Wildman–Crippen LogP) is 3.45. The summed E-state index contributed by atoms with van der Waals surface area (Å²) in [6.07, 6.45) is -0.103. The summed E-state index contributed by atoms with van der Waals surface area (Å²) >= 11 is 1.49. The molecule has 0 unspecified atom stereocenters. The average Bonchev–Trinajstić information content (AvgIpc) is 3.01. The molecule has 1 aromatic carbocycles. The number of thiophene rings is 1. The second-order valence-corrected chi connectivity index (χ2v) is 5.89. The average molecular weight is 317 g/mol. The maximum absolute atomic E-state index is 10.7. The van der Waals surface area contributed by atoms with E-state index in [1.807, 2.05) is 30.5 Å². The molecule has 7 heteroatoms. The van der Waals surface area contributed by atoms with Gasteiger partial charge in [0.15, 0.2) is 0 Å². The SMILES string of the molecule is C[C@H](C[C@@H](O)c1cccs1)Nc1ccc([N+](=O)[O-])cc1C#N. The highest BCUT2D eigenvalue weighted by molar-refractivity contribution is 7.10. The highest BCUT2D eigenvalue weighted by Gasteiger charge is 2.16. The predicted molar refractivity (Wildman–Crippen MR) is 84.8 cm³/mol. The van der Waals surface area contributed by atoms with Gasteiger partial charge in [-0.15, -0.1) is 11.3 Å². The number of nitro benzene ring substituents is 1. The van der Waals surface area contributed by atoms with Crippen molar-refractivity contribution in [3.05, 3.63) is 56.3 Å². The fourth-order valence-corrected chi connectivity index (χ4v) is 2.85. The van der Waals surface area contributed by atoms with Crippen LogP contribution in [0.4, 0.5) is 11.4 Å². The first-order chi connectivity index (χ1) is 10.5. The van der Waals surface area contributed by atoms with Crippen LogP contribution in [-0.2, 0) is 0 Å². The second kappa shape index (κ2) is 7.02. The summed E-state index contributed by atoms with van der Waals surface area (Å²) < 4.78 is 0. The molecule has 0 bridgehead atoms. The van der Waals surface area contributed by atoms with E-state index < -0.39 is 11.0 Å². The van der Waals surface area contributed by atoms with Crippen LogP contribution >= 0.6 is 11.3 Å². The lowest BCUT2D eigenvalue weighted by atomic mass is 10.1. The molecule has 2 atom stereocenters. The topological polar surface area (TPSA) is 99.2 Å². The van der Waals surface area contributed by atoms with E-state index >= 15 is 0 Å². The van der Waals surface area contributed by atoms with Gasteiger partial charge in [-0.1, -0.05) is 6.07 Å². The van der Waals surface area contributed by atoms with Gasteiger partial charge in [0, 0.05) is 23.1 Å². The van der Waals surface area contributed by atoms with Crippen molar-refractivity contribution >= 4 is 22.7 Å². The minimum Gasteiger partial charge on any atom is -0.387 e. The van der Waals surface area contributed by atoms with Crippen molar-refractivity contribution in [2.45, 2.75) is 25.5 Å². The van der Waals surface area contributed by atoms with Crippen LogP contribution in [0.3, 0.4) is 0 Å². The molecule has 0 amide bonds. The Morgan fingerprint density at radius 2 is 2.27 bits per heavy atom. The smallest absolute Gasteiger partial charge is 0.270 e. The Balaban J connectivity index is 2.07. The van der Waals surface area contributed by atoms with E-state index in [2.05, 4.69) is 5.32 Å². The fourth-order valence-electron chi connectivity index (χ4n) is 2.12. The zero-order valence-corrected chi connectivity index (χ0v) is 12.7. The molecule has 2 aromatic rings. The Kier molecular flexibility index (Phi) is 5.09. The number of nitro groups is 1. The first-order valence-electron chi connectivity index (χ1n) is 6.67. The monoisotopic (exact) mass is 317 g/mol. The van der Waals surface area contributed by atoms with Gasteiger partial charge in [-0.3, -0.25) is 10.1 Å². The van der Waals surface area contributed by atoms with E-state index in [0.717, 1.165) is 4.88 Å². The zero-order valence-electron chi connectivity index (χ0n) is 11.9. The lowest BCUT2D eigenvalue weighted by Gasteiger charge is -2.19. The summed E-state index contributed by atoms with van der Waals surface area (Å²) in [5, 5.41) is 35.0. The number of nitriles is 1. The Hall–Kier alpha value is -2.43. The first kappa shape index (κ1) is 15.9. The largest absolute Gasteiger partial charge is 0.387 e. The van der Waals surface area contributed by atoms with Crippen LogP contribution in [-0.4, -0.2) is 16.1 Å². The second-order valence-electron chi connectivity index (χ2n) is 4.91. The summed E-state index contributed by atoms with van der Waals surface area (Å²) in [5.74, 6) is 0. The molecule has 1 aromatic heterocycles. The van der Waals surface area contributed by atoms with Crippen LogP contribution in [0.2, 0.25) is 0 Å². The first-order valence-corrected chi connectivity index (χ1v) is 7.55. The van der Waals surface area contributed by atoms with Crippen molar-refractivity contribution in [3.8, 4) is 6.07 Å². The summed E-state index contributed by atoms with van der Waals surface area (Å²) in [7, 11) is 0. The molecule has 6 nitrogen and oxygen atoms in total. The quantitative estimate of drug-likeness (QED) is 0.628. The summed E-state index contributed by atoms with van der Waals surface area (Å²) in [6.45, 7) is 1.89. The van der Waals surface area contributed by atoms with Crippen LogP contribution in [0.15, 0.2) is 35.7 Å². The Bertz CT molecular complexity index is 695. The van der Waals surface area contributed by atoms with E-state index in [1.54, 1.807) is 0 Å². The number of non-ortho nitro benzene ring substituents is 1. The number of anilines is 1. The number of nitrogens with zero attached hydrogens (tertiary/aromatic N) is 2. The van der Waals surface area contributed by atoms with Gasteiger partial charge in [-0.25, -0.2) is 0 Å². The van der Waals surface area contributed by atoms with E-state index in [0.29, 0.717) is 12.1 Å². The highest BCUT2D eigenvalue weighted by Crippen LogP contribution is 2.26. The summed E-state index contributed by atoms with van der Waals surface area (Å²) in [5.41, 5.74) is 0.624. The highest BCUT2D eigenvalue weighted by atomic mass is 32.1. The molecule has 0 spiro atoms. The van der Waals surface area contributed by atoms with Gasteiger partial charge < -0.3 is 10.4 Å². The molecule has 0 fully saturated rings. The number of rotatable bonds is 6. The number of benzene rings is 1. The molecule has 2 N–H and O–H groups in total. The third-order valence-corrected chi connectivity index (χ3v) is 4.16. The third-order valence-electron chi connectivity index (χ3n) is 3.18. The lowest BCUT2D eigenvalue weighted by molar-refractivity contribution is -0.384. The number of hydrogen-bond acceptors (Lipinski definition) is 6. The van der Waals surface area contributed by atoms with E-state index in [4.69, 9.17) is 5.26 Å².